The van der Waals surface area contributed by atoms with Gasteiger partial charge in [0, 0.05) is 18.2 Å². The molecule has 128 valence electrons. The highest BCUT2D eigenvalue weighted by atomic mass is 16.2. The van der Waals surface area contributed by atoms with Crippen molar-refractivity contribution in [1.82, 2.24) is 15.5 Å². The number of piperidine rings is 1. The third kappa shape index (κ3) is 5.31. The lowest BCUT2D eigenvalue weighted by Gasteiger charge is -2.35. The molecule has 5 heteroatoms. The average Bonchev–Trinajstić information content (AvgIpc) is 2.59. The number of hydrogen-bond acceptors (Lipinski definition) is 2. The molecule has 2 N–H and O–H groups in total. The molecule has 1 aromatic rings. The fraction of sp³-hybridized carbons (Fsp3) is 0.474. The van der Waals surface area contributed by atoms with Crippen molar-refractivity contribution in [3.63, 3.8) is 0 Å². The van der Waals surface area contributed by atoms with Crippen molar-refractivity contribution in [2.24, 2.45) is 0 Å². The van der Waals surface area contributed by atoms with Crippen LogP contribution in [0.4, 0.5) is 4.79 Å². The van der Waals surface area contributed by atoms with Gasteiger partial charge in [0.1, 0.15) is 6.04 Å². The maximum Gasteiger partial charge on any atom is 0.316 e. The van der Waals surface area contributed by atoms with Crippen molar-refractivity contribution >= 4 is 11.9 Å². The number of urea groups is 1. The molecule has 2 rings (SSSR count). The molecule has 1 heterocycles. The summed E-state index contributed by atoms with van der Waals surface area (Å²) in [4.78, 5) is 26.2. The third-order valence-corrected chi connectivity index (χ3v) is 4.15. The number of carbonyl (C=O) groups excluding carboxylic acids is 2. The lowest BCUT2D eigenvalue weighted by Crippen LogP contribution is -2.53. The van der Waals surface area contributed by atoms with E-state index in [0.717, 1.165) is 31.4 Å². The fourth-order valence-corrected chi connectivity index (χ4v) is 2.78. The Morgan fingerprint density at radius 1 is 1.29 bits per heavy atom. The summed E-state index contributed by atoms with van der Waals surface area (Å²) in [6, 6.07) is 8.92. The summed E-state index contributed by atoms with van der Waals surface area (Å²) >= 11 is 0. The van der Waals surface area contributed by atoms with E-state index in [1.54, 1.807) is 6.92 Å². The van der Waals surface area contributed by atoms with Crippen molar-refractivity contribution in [1.29, 1.82) is 0 Å². The van der Waals surface area contributed by atoms with E-state index in [0.29, 0.717) is 0 Å². The van der Waals surface area contributed by atoms with Crippen molar-refractivity contribution in [2.45, 2.75) is 45.2 Å². The number of nitrogens with one attached hydrogen (secondary N) is 2. The summed E-state index contributed by atoms with van der Waals surface area (Å²) in [5.41, 5.74) is 0.905. The van der Waals surface area contributed by atoms with E-state index in [4.69, 9.17) is 0 Å². The van der Waals surface area contributed by atoms with Gasteiger partial charge in [-0.25, -0.2) is 4.79 Å². The Labute approximate surface area is 143 Å². The Morgan fingerprint density at radius 2 is 2.04 bits per heavy atom. The van der Waals surface area contributed by atoms with Crippen LogP contribution in [0.25, 0.3) is 0 Å². The highest BCUT2D eigenvalue weighted by Crippen LogP contribution is 2.17. The van der Waals surface area contributed by atoms with Crippen LogP contribution in [-0.2, 0) is 4.79 Å². The van der Waals surface area contributed by atoms with Gasteiger partial charge >= 0.3 is 6.03 Å². The summed E-state index contributed by atoms with van der Waals surface area (Å²) in [6.07, 6.45) is 3.22. The molecular formula is C19H25N3O2. The number of benzene rings is 1. The first-order chi connectivity index (χ1) is 11.6. The van der Waals surface area contributed by atoms with Crippen LogP contribution >= 0.6 is 0 Å². The molecule has 1 aromatic carbocycles. The monoisotopic (exact) mass is 327 g/mol. The Morgan fingerprint density at radius 3 is 2.75 bits per heavy atom. The van der Waals surface area contributed by atoms with Crippen LogP contribution in [0.2, 0.25) is 0 Å². The molecule has 0 unspecified atom stereocenters. The van der Waals surface area contributed by atoms with Gasteiger partial charge in [0.15, 0.2) is 0 Å². The highest BCUT2D eigenvalue weighted by molar-refractivity contribution is 5.87. The van der Waals surface area contributed by atoms with Crippen molar-refractivity contribution in [3.8, 4) is 11.8 Å². The zero-order valence-corrected chi connectivity index (χ0v) is 14.3. The average molecular weight is 327 g/mol. The molecule has 0 aromatic heterocycles. The first-order valence-corrected chi connectivity index (χ1v) is 8.46. The molecule has 5 nitrogen and oxygen atoms in total. The van der Waals surface area contributed by atoms with Gasteiger partial charge in [-0.1, -0.05) is 30.0 Å². The minimum atomic E-state index is -0.535. The zero-order chi connectivity index (χ0) is 17.4. The molecule has 0 spiro atoms. The second-order valence-electron chi connectivity index (χ2n) is 6.09. The Kier molecular flexibility index (Phi) is 6.68. The summed E-state index contributed by atoms with van der Waals surface area (Å²) in [5, 5.41) is 5.35. The number of hydrogen-bond donors (Lipinski definition) is 2. The predicted octanol–water partition coefficient (Wildman–Crippen LogP) is 2.13. The molecule has 1 fully saturated rings. The van der Waals surface area contributed by atoms with E-state index >= 15 is 0 Å². The van der Waals surface area contributed by atoms with Gasteiger partial charge in [-0.2, -0.15) is 0 Å². The standard InChI is InChI=1S/C19H25N3O2/c1-15-9-6-7-14-22(15)18(23)16(2)21-19(24)20-13-8-12-17-10-4-3-5-11-17/h3-5,10-11,15-16H,6-7,9,13-14H2,1-2H3,(H2,20,21,24)/t15-,16+/m1/s1. The van der Waals surface area contributed by atoms with Gasteiger partial charge in [0.2, 0.25) is 5.91 Å². The van der Waals surface area contributed by atoms with Crippen LogP contribution in [0.1, 0.15) is 38.7 Å². The van der Waals surface area contributed by atoms with Gasteiger partial charge in [0.25, 0.3) is 0 Å². The molecule has 1 aliphatic rings. The first kappa shape index (κ1) is 17.9. The summed E-state index contributed by atoms with van der Waals surface area (Å²) in [7, 11) is 0. The Hall–Kier alpha value is -2.48. The van der Waals surface area contributed by atoms with E-state index in [1.807, 2.05) is 35.2 Å². The van der Waals surface area contributed by atoms with Crippen molar-refractivity contribution in [3.05, 3.63) is 35.9 Å². The number of amides is 3. The normalized spacial score (nSPS) is 18.1. The van der Waals surface area contributed by atoms with Gasteiger partial charge in [-0.3, -0.25) is 4.79 Å². The van der Waals surface area contributed by atoms with Crippen molar-refractivity contribution in [2.75, 3.05) is 13.1 Å². The molecule has 1 saturated heterocycles. The summed E-state index contributed by atoms with van der Waals surface area (Å²) in [6.45, 7) is 4.79. The molecule has 0 saturated carbocycles. The molecule has 3 amide bonds. The van der Waals surface area contributed by atoms with Crippen LogP contribution < -0.4 is 10.6 Å². The second kappa shape index (κ2) is 8.97. The number of nitrogens with zero attached hydrogens (tertiary/aromatic N) is 1. The smallest absolute Gasteiger partial charge is 0.316 e. The third-order valence-electron chi connectivity index (χ3n) is 4.15. The van der Waals surface area contributed by atoms with E-state index in [9.17, 15) is 9.59 Å². The summed E-state index contributed by atoms with van der Waals surface area (Å²) in [5.74, 6) is 5.83. The Balaban J connectivity index is 1.75. The lowest BCUT2D eigenvalue weighted by atomic mass is 10.0. The van der Waals surface area contributed by atoms with Crippen LogP contribution in [-0.4, -0.2) is 42.0 Å². The van der Waals surface area contributed by atoms with Gasteiger partial charge < -0.3 is 15.5 Å². The maximum atomic E-state index is 12.4. The predicted molar refractivity (Wildman–Crippen MR) is 94.3 cm³/mol. The molecule has 0 aliphatic carbocycles. The highest BCUT2D eigenvalue weighted by Gasteiger charge is 2.27. The molecule has 0 radical (unpaired) electrons. The maximum absolute atomic E-state index is 12.4. The molecule has 0 bridgehead atoms. The lowest BCUT2D eigenvalue weighted by molar-refractivity contribution is -0.136. The van der Waals surface area contributed by atoms with E-state index in [2.05, 4.69) is 29.4 Å². The van der Waals surface area contributed by atoms with Crippen LogP contribution in [0.15, 0.2) is 30.3 Å². The molecule has 2 atom stereocenters. The largest absolute Gasteiger partial charge is 0.338 e. The van der Waals surface area contributed by atoms with Crippen LogP contribution in [0.5, 0.6) is 0 Å². The topological polar surface area (TPSA) is 61.4 Å². The van der Waals surface area contributed by atoms with Gasteiger partial charge in [0.05, 0.1) is 6.54 Å². The summed E-state index contributed by atoms with van der Waals surface area (Å²) < 4.78 is 0. The quantitative estimate of drug-likeness (QED) is 0.836. The number of likely N-dealkylation sites (tertiary alicyclic amines) is 1. The number of carbonyl (C=O) groups is 2. The van der Waals surface area contributed by atoms with E-state index in [1.165, 1.54) is 0 Å². The van der Waals surface area contributed by atoms with Crippen molar-refractivity contribution < 1.29 is 9.59 Å². The van der Waals surface area contributed by atoms with Crippen LogP contribution in [0, 0.1) is 11.8 Å². The zero-order valence-electron chi connectivity index (χ0n) is 14.3. The number of rotatable bonds is 3. The van der Waals surface area contributed by atoms with E-state index < -0.39 is 6.04 Å². The molecule has 1 aliphatic heterocycles. The fourth-order valence-electron chi connectivity index (χ4n) is 2.78. The SMILES string of the molecule is C[C@H](NC(=O)NCC#Cc1ccccc1)C(=O)N1CCCC[C@H]1C. The van der Waals surface area contributed by atoms with Gasteiger partial charge in [-0.15, -0.1) is 0 Å². The molecule has 24 heavy (non-hydrogen) atoms. The van der Waals surface area contributed by atoms with Crippen LogP contribution in [0.3, 0.4) is 0 Å². The van der Waals surface area contributed by atoms with E-state index in [-0.39, 0.29) is 24.5 Å². The molecular weight excluding hydrogens is 302 g/mol. The Bertz CT molecular complexity index is 618. The first-order valence-electron chi connectivity index (χ1n) is 8.46. The van der Waals surface area contributed by atoms with Gasteiger partial charge in [-0.05, 0) is 45.2 Å². The minimum absolute atomic E-state index is 0.0206. The minimum Gasteiger partial charge on any atom is -0.338 e. The second-order valence-corrected chi connectivity index (χ2v) is 6.09.